The minimum Gasteiger partial charge on any atom is -0.492 e. The van der Waals surface area contributed by atoms with Gasteiger partial charge in [0.25, 0.3) is 0 Å². The van der Waals surface area contributed by atoms with E-state index in [1.807, 2.05) is 73.8 Å². The number of nitrogens with zero attached hydrogens (tertiary/aromatic N) is 2. The maximum atomic E-state index is 12.2. The topological polar surface area (TPSA) is 51.7 Å². The van der Waals surface area contributed by atoms with E-state index < -0.39 is 0 Å². The minimum atomic E-state index is -0.282. The number of carbonyl (C=O) groups is 1. The van der Waals surface area contributed by atoms with Crippen molar-refractivity contribution in [2.24, 2.45) is 0 Å². The molecule has 0 saturated carbocycles. The summed E-state index contributed by atoms with van der Waals surface area (Å²) in [6, 6.07) is 23.9. The molecule has 166 valence electrons. The summed E-state index contributed by atoms with van der Waals surface area (Å²) in [5, 5.41) is 0. The number of hydrogen-bond donors (Lipinski definition) is 0. The van der Waals surface area contributed by atoms with Gasteiger partial charge in [-0.15, -0.1) is 0 Å². The Labute approximate surface area is 190 Å². The SMILES string of the molecule is COC(=O)/C(=C/c1ccc(OCCN(C)c2ccccn2)cc1)CCCc1ccccc1. The van der Waals surface area contributed by atoms with Gasteiger partial charge in [-0.3, -0.25) is 0 Å². The molecule has 3 rings (SSSR count). The van der Waals surface area contributed by atoms with E-state index in [0.29, 0.717) is 18.6 Å². The van der Waals surface area contributed by atoms with Gasteiger partial charge in [0.15, 0.2) is 0 Å². The lowest BCUT2D eigenvalue weighted by Gasteiger charge is -2.18. The zero-order valence-corrected chi connectivity index (χ0v) is 18.7. The second-order valence-electron chi connectivity index (χ2n) is 7.53. The van der Waals surface area contributed by atoms with Gasteiger partial charge in [0.2, 0.25) is 0 Å². The van der Waals surface area contributed by atoms with E-state index in [1.54, 1.807) is 6.20 Å². The van der Waals surface area contributed by atoms with Crippen LogP contribution in [0.4, 0.5) is 5.82 Å². The Morgan fingerprint density at radius 1 is 1.00 bits per heavy atom. The molecule has 0 unspecified atom stereocenters. The molecular formula is C27H30N2O3. The Kier molecular flexibility index (Phi) is 8.87. The van der Waals surface area contributed by atoms with Gasteiger partial charge >= 0.3 is 5.97 Å². The first-order chi connectivity index (χ1) is 15.7. The Hall–Kier alpha value is -3.60. The van der Waals surface area contributed by atoms with E-state index >= 15 is 0 Å². The molecule has 0 atom stereocenters. The van der Waals surface area contributed by atoms with Crippen LogP contribution >= 0.6 is 0 Å². The first kappa shape index (κ1) is 23.1. The summed E-state index contributed by atoms with van der Waals surface area (Å²) in [7, 11) is 3.41. The highest BCUT2D eigenvalue weighted by molar-refractivity contribution is 5.93. The van der Waals surface area contributed by atoms with Crippen LogP contribution in [0.15, 0.2) is 84.6 Å². The summed E-state index contributed by atoms with van der Waals surface area (Å²) >= 11 is 0. The van der Waals surface area contributed by atoms with Gasteiger partial charge in [0, 0.05) is 18.8 Å². The maximum Gasteiger partial charge on any atom is 0.333 e. The largest absolute Gasteiger partial charge is 0.492 e. The molecule has 0 fully saturated rings. The van der Waals surface area contributed by atoms with Crippen LogP contribution in [0.25, 0.3) is 6.08 Å². The number of rotatable bonds is 11. The van der Waals surface area contributed by atoms with Crippen LogP contribution in [0.2, 0.25) is 0 Å². The van der Waals surface area contributed by atoms with Gasteiger partial charge < -0.3 is 14.4 Å². The van der Waals surface area contributed by atoms with Crippen LogP contribution in [0, 0.1) is 0 Å². The van der Waals surface area contributed by atoms with Crippen LogP contribution in [0.3, 0.4) is 0 Å². The lowest BCUT2D eigenvalue weighted by atomic mass is 10.0. The zero-order chi connectivity index (χ0) is 22.6. The van der Waals surface area contributed by atoms with Crippen molar-refractivity contribution in [2.45, 2.75) is 19.3 Å². The van der Waals surface area contributed by atoms with Gasteiger partial charge in [0.05, 0.1) is 13.7 Å². The van der Waals surface area contributed by atoms with Crippen molar-refractivity contribution < 1.29 is 14.3 Å². The fourth-order valence-electron chi connectivity index (χ4n) is 3.35. The third-order valence-corrected chi connectivity index (χ3v) is 5.16. The first-order valence-electron chi connectivity index (χ1n) is 10.8. The van der Waals surface area contributed by atoms with Crippen LogP contribution in [0.1, 0.15) is 24.0 Å². The average molecular weight is 431 g/mol. The third kappa shape index (κ3) is 7.27. The van der Waals surface area contributed by atoms with Crippen molar-refractivity contribution in [1.82, 2.24) is 4.98 Å². The number of likely N-dealkylation sites (N-methyl/N-ethyl adjacent to an activating group) is 1. The Morgan fingerprint density at radius 3 is 2.44 bits per heavy atom. The summed E-state index contributed by atoms with van der Waals surface area (Å²) < 4.78 is 10.8. The monoisotopic (exact) mass is 430 g/mol. The molecule has 0 radical (unpaired) electrons. The molecule has 0 saturated heterocycles. The first-order valence-corrected chi connectivity index (χ1v) is 10.8. The molecule has 0 N–H and O–H groups in total. The normalized spacial score (nSPS) is 11.1. The zero-order valence-electron chi connectivity index (χ0n) is 18.7. The lowest BCUT2D eigenvalue weighted by molar-refractivity contribution is -0.136. The van der Waals surface area contributed by atoms with Gasteiger partial charge in [-0.2, -0.15) is 0 Å². The number of hydrogen-bond acceptors (Lipinski definition) is 5. The second-order valence-corrected chi connectivity index (χ2v) is 7.53. The van der Waals surface area contributed by atoms with Crippen molar-refractivity contribution in [1.29, 1.82) is 0 Å². The molecule has 0 bridgehead atoms. The number of benzene rings is 2. The number of anilines is 1. The predicted molar refractivity (Wildman–Crippen MR) is 129 cm³/mol. The van der Waals surface area contributed by atoms with Crippen molar-refractivity contribution in [3.8, 4) is 5.75 Å². The van der Waals surface area contributed by atoms with Crippen molar-refractivity contribution in [3.05, 3.63) is 95.7 Å². The molecule has 0 aliphatic heterocycles. The van der Waals surface area contributed by atoms with Crippen LogP contribution in [-0.4, -0.2) is 38.3 Å². The highest BCUT2D eigenvalue weighted by Gasteiger charge is 2.10. The summed E-state index contributed by atoms with van der Waals surface area (Å²) in [5.41, 5.74) is 2.89. The highest BCUT2D eigenvalue weighted by Crippen LogP contribution is 2.19. The summed E-state index contributed by atoms with van der Waals surface area (Å²) in [4.78, 5) is 18.6. The molecule has 5 heteroatoms. The lowest BCUT2D eigenvalue weighted by Crippen LogP contribution is -2.24. The van der Waals surface area contributed by atoms with E-state index in [1.165, 1.54) is 12.7 Å². The predicted octanol–water partition coefficient (Wildman–Crippen LogP) is 5.18. The molecule has 0 spiro atoms. The number of aromatic nitrogens is 1. The van der Waals surface area contributed by atoms with E-state index in [0.717, 1.165) is 36.5 Å². The van der Waals surface area contributed by atoms with Gasteiger partial charge in [-0.05, 0) is 60.7 Å². The van der Waals surface area contributed by atoms with Gasteiger partial charge in [-0.25, -0.2) is 9.78 Å². The van der Waals surface area contributed by atoms with E-state index in [4.69, 9.17) is 9.47 Å². The van der Waals surface area contributed by atoms with Crippen LogP contribution in [0.5, 0.6) is 5.75 Å². The standard InChI is InChI=1S/C27H30N2O3/c1-29(26-13-6-7-18-28-26)19-20-32-25-16-14-23(15-17-25)21-24(27(30)31-2)12-8-11-22-9-4-3-5-10-22/h3-7,9-10,13-18,21H,8,11-12,19-20H2,1-2H3/b24-21+. The molecule has 3 aromatic rings. The fourth-order valence-corrected chi connectivity index (χ4v) is 3.35. The van der Waals surface area contributed by atoms with Crippen molar-refractivity contribution in [3.63, 3.8) is 0 Å². The van der Waals surface area contributed by atoms with E-state index in [2.05, 4.69) is 22.0 Å². The molecule has 1 heterocycles. The number of esters is 1. The van der Waals surface area contributed by atoms with Gasteiger partial charge in [0.1, 0.15) is 18.2 Å². The summed E-state index contributed by atoms with van der Waals surface area (Å²) in [6.07, 6.45) is 6.16. The quantitative estimate of drug-likeness (QED) is 0.310. The molecular weight excluding hydrogens is 400 g/mol. The fraction of sp³-hybridized carbons (Fsp3) is 0.259. The number of ether oxygens (including phenoxy) is 2. The molecule has 0 amide bonds. The van der Waals surface area contributed by atoms with Crippen molar-refractivity contribution >= 4 is 17.9 Å². The Morgan fingerprint density at radius 2 is 1.75 bits per heavy atom. The van der Waals surface area contributed by atoms with Crippen LogP contribution in [-0.2, 0) is 16.0 Å². The maximum absolute atomic E-state index is 12.2. The number of methoxy groups -OCH3 is 1. The number of carbonyl (C=O) groups excluding carboxylic acids is 1. The molecule has 0 aliphatic rings. The summed E-state index contributed by atoms with van der Waals surface area (Å²) in [6.45, 7) is 1.28. The Bertz CT molecular complexity index is 986. The molecule has 32 heavy (non-hydrogen) atoms. The summed E-state index contributed by atoms with van der Waals surface area (Å²) in [5.74, 6) is 1.43. The average Bonchev–Trinajstić information content (AvgIpc) is 2.85. The Balaban J connectivity index is 1.53. The minimum absolute atomic E-state index is 0.282. The molecule has 2 aromatic carbocycles. The second kappa shape index (κ2) is 12.3. The van der Waals surface area contributed by atoms with Crippen LogP contribution < -0.4 is 9.64 Å². The number of pyridine rings is 1. The molecule has 1 aromatic heterocycles. The van der Waals surface area contributed by atoms with E-state index in [9.17, 15) is 4.79 Å². The number of aryl methyl sites for hydroxylation is 1. The smallest absolute Gasteiger partial charge is 0.333 e. The molecule has 5 nitrogen and oxygen atoms in total. The van der Waals surface area contributed by atoms with E-state index in [-0.39, 0.29) is 5.97 Å². The molecule has 0 aliphatic carbocycles. The third-order valence-electron chi connectivity index (χ3n) is 5.16. The highest BCUT2D eigenvalue weighted by atomic mass is 16.5. The van der Waals surface area contributed by atoms with Crippen molar-refractivity contribution in [2.75, 3.05) is 32.2 Å². The van der Waals surface area contributed by atoms with Gasteiger partial charge in [-0.1, -0.05) is 48.5 Å².